The molecule has 1 fully saturated rings. The van der Waals surface area contributed by atoms with E-state index in [0.29, 0.717) is 0 Å². The molecule has 0 bridgehead atoms. The lowest BCUT2D eigenvalue weighted by molar-refractivity contribution is -0.199. The van der Waals surface area contributed by atoms with Crippen LogP contribution in [0.15, 0.2) is 24.3 Å². The fourth-order valence-corrected chi connectivity index (χ4v) is 2.06. The number of hydrogen-bond acceptors (Lipinski definition) is 4. The molecule has 1 aromatic rings. The second kappa shape index (κ2) is 5.45. The minimum Gasteiger partial charge on any atom is -0.496 e. The summed E-state index contributed by atoms with van der Waals surface area (Å²) >= 11 is 0. The van der Waals surface area contributed by atoms with Crippen molar-refractivity contribution in [2.24, 2.45) is 0 Å². The van der Waals surface area contributed by atoms with Gasteiger partial charge in [-0.2, -0.15) is 13.2 Å². The molecule has 1 aliphatic rings. The number of urea groups is 1. The number of carbonyl (C=O) groups excluding carboxylic acids is 3. The molecular formula is C13H12F3N3O4. The van der Waals surface area contributed by atoms with Crippen LogP contribution in [0.5, 0.6) is 5.75 Å². The third-order valence-corrected chi connectivity index (χ3v) is 3.30. The van der Waals surface area contributed by atoms with Crippen LogP contribution in [0.1, 0.15) is 10.4 Å². The number of amides is 4. The molecule has 1 aromatic carbocycles. The van der Waals surface area contributed by atoms with Crippen LogP contribution in [0.2, 0.25) is 0 Å². The SMILES string of the molecule is COc1ccccc1C(=O)N[C@]1(C(F)(F)F)NC(=O)N(C)C1=O. The number of para-hydroxylation sites is 1. The summed E-state index contributed by atoms with van der Waals surface area (Å²) in [5.74, 6) is -2.82. The lowest BCUT2D eigenvalue weighted by Crippen LogP contribution is -2.69. The fraction of sp³-hybridized carbons (Fsp3) is 0.308. The van der Waals surface area contributed by atoms with Gasteiger partial charge in [-0.15, -0.1) is 0 Å². The first-order chi connectivity index (χ1) is 10.6. The first-order valence-corrected chi connectivity index (χ1v) is 6.26. The molecule has 1 heterocycles. The zero-order chi connectivity index (χ0) is 17.4. The van der Waals surface area contributed by atoms with Gasteiger partial charge in [-0.25, -0.2) is 4.79 Å². The molecule has 124 valence electrons. The van der Waals surface area contributed by atoms with Gasteiger partial charge in [-0.1, -0.05) is 12.1 Å². The summed E-state index contributed by atoms with van der Waals surface area (Å²) in [7, 11) is 2.11. The second-order valence-corrected chi connectivity index (χ2v) is 4.70. The van der Waals surface area contributed by atoms with E-state index >= 15 is 0 Å². The Morgan fingerprint density at radius 3 is 2.39 bits per heavy atom. The van der Waals surface area contributed by atoms with E-state index in [1.54, 1.807) is 5.32 Å². The molecule has 2 rings (SSSR count). The van der Waals surface area contributed by atoms with Crippen LogP contribution < -0.4 is 15.4 Å². The normalized spacial score (nSPS) is 21.2. The van der Waals surface area contributed by atoms with Gasteiger partial charge in [0.2, 0.25) is 0 Å². The monoisotopic (exact) mass is 331 g/mol. The van der Waals surface area contributed by atoms with Crippen molar-refractivity contribution in [2.75, 3.05) is 14.2 Å². The number of nitrogens with zero attached hydrogens (tertiary/aromatic N) is 1. The number of nitrogens with one attached hydrogen (secondary N) is 2. The van der Waals surface area contributed by atoms with Crippen LogP contribution >= 0.6 is 0 Å². The molecule has 7 nitrogen and oxygen atoms in total. The van der Waals surface area contributed by atoms with Gasteiger partial charge in [-0.05, 0) is 12.1 Å². The average molecular weight is 331 g/mol. The highest BCUT2D eigenvalue weighted by atomic mass is 19.4. The predicted molar refractivity (Wildman–Crippen MR) is 70.5 cm³/mol. The van der Waals surface area contributed by atoms with Gasteiger partial charge in [0, 0.05) is 7.05 Å². The van der Waals surface area contributed by atoms with Gasteiger partial charge >= 0.3 is 12.2 Å². The van der Waals surface area contributed by atoms with Crippen molar-refractivity contribution in [3.05, 3.63) is 29.8 Å². The maximum atomic E-state index is 13.4. The smallest absolute Gasteiger partial charge is 0.440 e. The van der Waals surface area contributed by atoms with Crippen molar-refractivity contribution >= 4 is 17.8 Å². The van der Waals surface area contributed by atoms with E-state index in [0.717, 1.165) is 7.05 Å². The Bertz CT molecular complexity index is 677. The third-order valence-electron chi connectivity index (χ3n) is 3.30. The zero-order valence-corrected chi connectivity index (χ0v) is 12.0. The molecule has 4 amide bonds. The molecule has 0 radical (unpaired) electrons. The van der Waals surface area contributed by atoms with Crippen LogP contribution in [0, 0.1) is 0 Å². The van der Waals surface area contributed by atoms with Crippen LogP contribution in [0.25, 0.3) is 0 Å². The third kappa shape index (κ3) is 2.56. The van der Waals surface area contributed by atoms with E-state index in [2.05, 4.69) is 0 Å². The van der Waals surface area contributed by atoms with E-state index in [1.807, 2.05) is 0 Å². The summed E-state index contributed by atoms with van der Waals surface area (Å²) in [5.41, 5.74) is -3.73. The summed E-state index contributed by atoms with van der Waals surface area (Å²) in [6, 6.07) is 4.26. The molecule has 1 aliphatic heterocycles. The van der Waals surface area contributed by atoms with Gasteiger partial charge < -0.3 is 10.1 Å². The highest BCUT2D eigenvalue weighted by Crippen LogP contribution is 2.33. The number of imide groups is 1. The molecule has 0 unspecified atom stereocenters. The largest absolute Gasteiger partial charge is 0.496 e. The van der Waals surface area contributed by atoms with Crippen molar-refractivity contribution < 1.29 is 32.3 Å². The predicted octanol–water partition coefficient (Wildman–Crippen LogP) is 0.865. The molecule has 2 N–H and O–H groups in total. The minimum atomic E-state index is -5.23. The first-order valence-electron chi connectivity index (χ1n) is 6.26. The molecule has 0 saturated carbocycles. The van der Waals surface area contributed by atoms with E-state index < -0.39 is 29.7 Å². The Kier molecular flexibility index (Phi) is 3.93. The first kappa shape index (κ1) is 16.6. The Labute approximate surface area is 128 Å². The highest BCUT2D eigenvalue weighted by molar-refractivity contribution is 6.10. The molecule has 23 heavy (non-hydrogen) atoms. The lowest BCUT2D eigenvalue weighted by atomic mass is 10.1. The number of halogens is 3. The van der Waals surface area contributed by atoms with Gasteiger partial charge in [0.05, 0.1) is 12.7 Å². The van der Waals surface area contributed by atoms with E-state index in [4.69, 9.17) is 4.74 Å². The maximum absolute atomic E-state index is 13.4. The molecule has 0 spiro atoms. The Morgan fingerprint density at radius 2 is 1.91 bits per heavy atom. The summed E-state index contributed by atoms with van der Waals surface area (Å²) in [4.78, 5) is 35.7. The molecule has 0 aromatic heterocycles. The number of carbonyl (C=O) groups is 3. The summed E-state index contributed by atoms with van der Waals surface area (Å²) in [6.07, 6.45) is -5.23. The van der Waals surface area contributed by atoms with Crippen molar-refractivity contribution in [3.8, 4) is 5.75 Å². The Balaban J connectivity index is 2.43. The molecule has 0 aliphatic carbocycles. The zero-order valence-electron chi connectivity index (χ0n) is 12.0. The number of likely N-dealkylation sites (N-methyl/N-ethyl adjacent to an activating group) is 1. The number of rotatable bonds is 3. The average Bonchev–Trinajstić information content (AvgIpc) is 2.71. The molecule has 10 heteroatoms. The van der Waals surface area contributed by atoms with E-state index in [9.17, 15) is 27.6 Å². The van der Waals surface area contributed by atoms with Crippen LogP contribution in [0.4, 0.5) is 18.0 Å². The van der Waals surface area contributed by atoms with Crippen molar-refractivity contribution in [1.29, 1.82) is 0 Å². The minimum absolute atomic E-state index is 0.0208. The second-order valence-electron chi connectivity index (χ2n) is 4.70. The van der Waals surface area contributed by atoms with Crippen LogP contribution in [-0.2, 0) is 4.79 Å². The maximum Gasteiger partial charge on any atom is 0.440 e. The Hall–Kier alpha value is -2.78. The van der Waals surface area contributed by atoms with E-state index in [-0.39, 0.29) is 16.2 Å². The van der Waals surface area contributed by atoms with Crippen molar-refractivity contribution in [1.82, 2.24) is 15.5 Å². The summed E-state index contributed by atoms with van der Waals surface area (Å²) < 4.78 is 45.0. The van der Waals surface area contributed by atoms with Crippen LogP contribution in [0.3, 0.4) is 0 Å². The fourth-order valence-electron chi connectivity index (χ4n) is 2.06. The number of methoxy groups -OCH3 is 1. The topological polar surface area (TPSA) is 87.7 Å². The molecule has 1 saturated heterocycles. The number of ether oxygens (including phenoxy) is 1. The number of hydrogen-bond donors (Lipinski definition) is 2. The highest BCUT2D eigenvalue weighted by Gasteiger charge is 2.68. The Morgan fingerprint density at radius 1 is 1.30 bits per heavy atom. The number of benzene rings is 1. The molecular weight excluding hydrogens is 319 g/mol. The summed E-state index contributed by atoms with van der Waals surface area (Å²) in [6.45, 7) is 0. The van der Waals surface area contributed by atoms with Crippen LogP contribution in [-0.4, -0.2) is 48.7 Å². The van der Waals surface area contributed by atoms with Gasteiger partial charge in [0.25, 0.3) is 17.5 Å². The number of alkyl halides is 3. The summed E-state index contributed by atoms with van der Waals surface area (Å²) in [5, 5.41) is 3.05. The van der Waals surface area contributed by atoms with E-state index in [1.165, 1.54) is 36.7 Å². The standard InChI is InChI=1S/C13H12F3N3O4/c1-19-10(21)12(13(14,15)16,18-11(19)22)17-9(20)7-5-3-4-6-8(7)23-2/h3-6H,1-2H3,(H,17,20)(H,18,22)/t12-/m0/s1. The van der Waals surface area contributed by atoms with Gasteiger partial charge in [0.1, 0.15) is 5.75 Å². The van der Waals surface area contributed by atoms with Gasteiger partial charge in [-0.3, -0.25) is 19.8 Å². The quantitative estimate of drug-likeness (QED) is 0.805. The van der Waals surface area contributed by atoms with Gasteiger partial charge in [0.15, 0.2) is 0 Å². The van der Waals surface area contributed by atoms with Crippen molar-refractivity contribution in [2.45, 2.75) is 11.8 Å². The van der Waals surface area contributed by atoms with Crippen molar-refractivity contribution in [3.63, 3.8) is 0 Å². The molecule has 1 atom stereocenters. The lowest BCUT2D eigenvalue weighted by Gasteiger charge is -2.29.